The number of carboxylic acids is 1. The summed E-state index contributed by atoms with van der Waals surface area (Å²) < 4.78 is 40.6. The fourth-order valence-electron chi connectivity index (χ4n) is 2.62. The first-order valence-corrected chi connectivity index (χ1v) is 6.57. The van der Waals surface area contributed by atoms with E-state index >= 15 is 0 Å². The molecule has 2 aromatic rings. The first-order valence-electron chi connectivity index (χ1n) is 6.57. The number of benzene rings is 1. The predicted molar refractivity (Wildman–Crippen MR) is 71.7 cm³/mol. The van der Waals surface area contributed by atoms with Gasteiger partial charge in [0.25, 0.3) is 0 Å². The average Bonchev–Trinajstić information content (AvgIpc) is 2.90. The zero-order valence-corrected chi connectivity index (χ0v) is 11.2. The maximum atomic E-state index is 13.3. The van der Waals surface area contributed by atoms with Crippen molar-refractivity contribution in [1.29, 1.82) is 0 Å². The van der Waals surface area contributed by atoms with Crippen molar-refractivity contribution in [2.24, 2.45) is 0 Å². The van der Waals surface area contributed by atoms with E-state index in [9.17, 15) is 18.0 Å². The molecule has 0 spiro atoms. The molecule has 1 aliphatic rings. The summed E-state index contributed by atoms with van der Waals surface area (Å²) in [6.45, 7) is 0. The largest absolute Gasteiger partial charge is 0.477 e. The maximum Gasteiger partial charge on any atom is 0.410 e. The molecule has 1 aromatic carbocycles. The van der Waals surface area contributed by atoms with E-state index < -0.39 is 24.2 Å². The maximum absolute atomic E-state index is 13.3. The second-order valence-electron chi connectivity index (χ2n) is 5.06. The second kappa shape index (κ2) is 5.04. The molecule has 2 heterocycles. The molecule has 22 heavy (non-hydrogen) atoms. The summed E-state index contributed by atoms with van der Waals surface area (Å²) in [5.74, 6) is -1.43. The second-order valence-corrected chi connectivity index (χ2v) is 5.06. The van der Waals surface area contributed by atoms with Crippen LogP contribution in [0.2, 0.25) is 0 Å². The van der Waals surface area contributed by atoms with Crippen molar-refractivity contribution in [3.8, 4) is 0 Å². The zero-order chi connectivity index (χ0) is 15.9. The Morgan fingerprint density at radius 3 is 2.59 bits per heavy atom. The highest BCUT2D eigenvalue weighted by Crippen LogP contribution is 2.44. The summed E-state index contributed by atoms with van der Waals surface area (Å²) in [5.41, 5.74) is 0.399. The molecule has 1 aliphatic heterocycles. The number of halogens is 3. The molecular weight excluding hydrogens is 299 g/mol. The number of fused-ring (bicyclic) bond motifs is 1. The van der Waals surface area contributed by atoms with Crippen molar-refractivity contribution in [3.63, 3.8) is 0 Å². The zero-order valence-electron chi connectivity index (χ0n) is 11.2. The summed E-state index contributed by atoms with van der Waals surface area (Å²) >= 11 is 0. The molecule has 3 rings (SSSR count). The number of hydrogen-bond donors (Lipinski definition) is 2. The lowest BCUT2D eigenvalue weighted by atomic mass is 9.96. The van der Waals surface area contributed by atoms with Crippen LogP contribution in [-0.2, 0) is 0 Å². The van der Waals surface area contributed by atoms with Crippen LogP contribution in [0.4, 0.5) is 19.0 Å². The van der Waals surface area contributed by atoms with Gasteiger partial charge in [-0.2, -0.15) is 18.3 Å². The normalized spacial score (nSPS) is 21.0. The number of alkyl halides is 3. The van der Waals surface area contributed by atoms with Crippen LogP contribution in [0, 0.1) is 0 Å². The topological polar surface area (TPSA) is 67.1 Å². The molecule has 0 fully saturated rings. The van der Waals surface area contributed by atoms with Crippen LogP contribution < -0.4 is 5.32 Å². The minimum atomic E-state index is -4.51. The molecule has 0 saturated carbocycles. The fourth-order valence-corrected chi connectivity index (χ4v) is 2.62. The van der Waals surface area contributed by atoms with E-state index in [-0.39, 0.29) is 17.8 Å². The Bertz CT molecular complexity index is 697. The van der Waals surface area contributed by atoms with Gasteiger partial charge in [-0.05, 0) is 5.56 Å². The van der Waals surface area contributed by atoms with Gasteiger partial charge in [0, 0.05) is 6.42 Å². The van der Waals surface area contributed by atoms with Gasteiger partial charge in [-0.15, -0.1) is 0 Å². The van der Waals surface area contributed by atoms with Crippen LogP contribution in [0.3, 0.4) is 0 Å². The Hall–Kier alpha value is -2.51. The van der Waals surface area contributed by atoms with E-state index in [1.54, 1.807) is 30.3 Å². The third-order valence-corrected chi connectivity index (χ3v) is 3.67. The molecule has 2 atom stereocenters. The fraction of sp³-hybridized carbons (Fsp3) is 0.286. The van der Waals surface area contributed by atoms with E-state index in [2.05, 4.69) is 10.4 Å². The number of carboxylic acid groups (broad SMARTS) is 1. The van der Waals surface area contributed by atoms with Gasteiger partial charge in [0.05, 0.1) is 12.2 Å². The molecule has 0 bridgehead atoms. The Balaban J connectivity index is 2.07. The van der Waals surface area contributed by atoms with Crippen LogP contribution in [0.1, 0.15) is 34.4 Å². The standard InChI is InChI=1S/C14H12F3N3O2/c15-14(16,17)11-6-10(8-4-2-1-3-5-8)19-12-9(13(21)22)7-18-20(11)12/h1-5,7,10-11,19H,6H2,(H,21,22). The molecule has 0 amide bonds. The highest BCUT2D eigenvalue weighted by molar-refractivity contribution is 5.93. The van der Waals surface area contributed by atoms with Crippen LogP contribution in [0.5, 0.6) is 0 Å². The van der Waals surface area contributed by atoms with Crippen molar-refractivity contribution < 1.29 is 23.1 Å². The summed E-state index contributed by atoms with van der Waals surface area (Å²) in [5, 5.41) is 15.6. The summed E-state index contributed by atoms with van der Waals surface area (Å²) in [4.78, 5) is 11.2. The van der Waals surface area contributed by atoms with Crippen molar-refractivity contribution >= 4 is 11.8 Å². The number of nitrogens with zero attached hydrogens (tertiary/aromatic N) is 2. The van der Waals surface area contributed by atoms with Crippen LogP contribution in [-0.4, -0.2) is 27.0 Å². The number of aromatic nitrogens is 2. The van der Waals surface area contributed by atoms with Gasteiger partial charge < -0.3 is 10.4 Å². The number of carbonyl (C=O) groups is 1. The molecular formula is C14H12F3N3O2. The van der Waals surface area contributed by atoms with E-state index in [1.807, 2.05) is 0 Å². The SMILES string of the molecule is O=C(O)c1cnn2c1NC(c1ccccc1)CC2C(F)(F)F. The third kappa shape index (κ3) is 2.40. The van der Waals surface area contributed by atoms with Crippen molar-refractivity contribution in [1.82, 2.24) is 9.78 Å². The predicted octanol–water partition coefficient (Wildman–Crippen LogP) is 3.24. The van der Waals surface area contributed by atoms with Crippen molar-refractivity contribution in [2.75, 3.05) is 5.32 Å². The lowest BCUT2D eigenvalue weighted by Gasteiger charge is -2.33. The van der Waals surface area contributed by atoms with Gasteiger partial charge in [0.1, 0.15) is 11.4 Å². The number of anilines is 1. The van der Waals surface area contributed by atoms with Crippen molar-refractivity contribution in [2.45, 2.75) is 24.7 Å². The molecule has 0 aliphatic carbocycles. The van der Waals surface area contributed by atoms with Crippen LogP contribution >= 0.6 is 0 Å². The van der Waals surface area contributed by atoms with Gasteiger partial charge in [-0.3, -0.25) is 0 Å². The van der Waals surface area contributed by atoms with Gasteiger partial charge in [0.15, 0.2) is 6.04 Å². The molecule has 2 unspecified atom stereocenters. The van der Waals surface area contributed by atoms with Gasteiger partial charge >= 0.3 is 12.1 Å². The Kier molecular flexibility index (Phi) is 3.31. The molecule has 2 N–H and O–H groups in total. The van der Waals surface area contributed by atoms with Gasteiger partial charge in [-0.25, -0.2) is 9.48 Å². The Morgan fingerprint density at radius 2 is 2.00 bits per heavy atom. The van der Waals surface area contributed by atoms with Crippen molar-refractivity contribution in [3.05, 3.63) is 47.7 Å². The molecule has 0 radical (unpaired) electrons. The van der Waals surface area contributed by atoms with E-state index in [0.717, 1.165) is 6.20 Å². The Morgan fingerprint density at radius 1 is 1.32 bits per heavy atom. The summed E-state index contributed by atoms with van der Waals surface area (Å²) in [7, 11) is 0. The minimum Gasteiger partial charge on any atom is -0.477 e. The highest BCUT2D eigenvalue weighted by atomic mass is 19.4. The number of nitrogens with one attached hydrogen (secondary N) is 1. The lowest BCUT2D eigenvalue weighted by molar-refractivity contribution is -0.173. The molecule has 5 nitrogen and oxygen atoms in total. The number of aromatic carboxylic acids is 1. The first-order chi connectivity index (χ1) is 10.4. The summed E-state index contributed by atoms with van der Waals surface area (Å²) in [6, 6.07) is 6.14. The van der Waals surface area contributed by atoms with Crippen LogP contribution in [0.25, 0.3) is 0 Å². The van der Waals surface area contributed by atoms with E-state index in [1.165, 1.54) is 0 Å². The molecule has 8 heteroatoms. The highest BCUT2D eigenvalue weighted by Gasteiger charge is 2.47. The smallest absolute Gasteiger partial charge is 0.410 e. The Labute approximate surface area is 123 Å². The minimum absolute atomic E-state index is 0.116. The molecule has 116 valence electrons. The number of hydrogen-bond acceptors (Lipinski definition) is 3. The average molecular weight is 311 g/mol. The molecule has 1 aromatic heterocycles. The quantitative estimate of drug-likeness (QED) is 0.893. The van der Waals surface area contributed by atoms with E-state index in [4.69, 9.17) is 5.11 Å². The van der Waals surface area contributed by atoms with Gasteiger partial charge in [0.2, 0.25) is 0 Å². The van der Waals surface area contributed by atoms with Gasteiger partial charge in [-0.1, -0.05) is 30.3 Å². The lowest BCUT2D eigenvalue weighted by Crippen LogP contribution is -2.36. The number of rotatable bonds is 2. The van der Waals surface area contributed by atoms with Crippen LogP contribution in [0.15, 0.2) is 36.5 Å². The third-order valence-electron chi connectivity index (χ3n) is 3.67. The monoisotopic (exact) mass is 311 g/mol. The summed E-state index contributed by atoms with van der Waals surface area (Å²) in [6.07, 6.45) is -3.82. The van der Waals surface area contributed by atoms with E-state index in [0.29, 0.717) is 10.2 Å². The molecule has 0 saturated heterocycles. The first kappa shape index (κ1) is 14.4.